The molecule has 0 radical (unpaired) electrons. The fraction of sp³-hybridized carbons (Fsp3) is 0.0500. The number of hydrogen-bond acceptors (Lipinski definition) is 1. The van der Waals surface area contributed by atoms with Crippen molar-refractivity contribution in [2.45, 2.75) is 6.92 Å². The van der Waals surface area contributed by atoms with Crippen molar-refractivity contribution in [2.24, 2.45) is 0 Å². The molecule has 4 rings (SSSR count). The predicted octanol–water partition coefficient (Wildman–Crippen LogP) is 5.93. The van der Waals surface area contributed by atoms with Crippen LogP contribution in [0.1, 0.15) is 5.56 Å². The van der Waals surface area contributed by atoms with Crippen LogP contribution >= 0.6 is 11.6 Å². The Morgan fingerprint density at radius 1 is 0.920 bits per heavy atom. The third-order valence-electron chi connectivity index (χ3n) is 4.18. The van der Waals surface area contributed by atoms with Crippen molar-refractivity contribution in [3.63, 3.8) is 0 Å². The molecule has 0 spiro atoms. The molecule has 1 aromatic heterocycles. The van der Waals surface area contributed by atoms with Gasteiger partial charge in [-0.05, 0) is 53.9 Å². The standard InChI is InChI=1S/C20H13ClF2N2/c1-12-7-20(18(23)10-17(12)22)25-19-6-5-14(8-15(19)11-24-25)13-3-2-4-16(21)9-13/h2-11H,1H3. The van der Waals surface area contributed by atoms with Gasteiger partial charge in [0.15, 0.2) is 5.82 Å². The van der Waals surface area contributed by atoms with Gasteiger partial charge in [-0.1, -0.05) is 29.8 Å². The molecule has 4 aromatic rings. The number of benzene rings is 3. The van der Waals surface area contributed by atoms with Crippen LogP contribution < -0.4 is 0 Å². The lowest BCUT2D eigenvalue weighted by Crippen LogP contribution is -2.01. The van der Waals surface area contributed by atoms with Crippen molar-refractivity contribution >= 4 is 22.5 Å². The van der Waals surface area contributed by atoms with Crippen molar-refractivity contribution in [3.05, 3.63) is 83.0 Å². The van der Waals surface area contributed by atoms with Crippen LogP contribution in [0.4, 0.5) is 8.78 Å². The molecule has 0 amide bonds. The fourth-order valence-electron chi connectivity index (χ4n) is 2.88. The SMILES string of the molecule is Cc1cc(-n2ncc3cc(-c4cccc(Cl)c4)ccc32)c(F)cc1F. The van der Waals surface area contributed by atoms with Crippen LogP contribution in [0.5, 0.6) is 0 Å². The second-order valence-corrected chi connectivity index (χ2v) is 6.33. The number of fused-ring (bicyclic) bond motifs is 1. The van der Waals surface area contributed by atoms with E-state index >= 15 is 0 Å². The first-order valence-electron chi connectivity index (χ1n) is 7.73. The van der Waals surface area contributed by atoms with E-state index in [0.29, 0.717) is 10.6 Å². The van der Waals surface area contributed by atoms with Gasteiger partial charge in [0, 0.05) is 16.5 Å². The van der Waals surface area contributed by atoms with E-state index in [1.54, 1.807) is 13.1 Å². The highest BCUT2D eigenvalue weighted by Crippen LogP contribution is 2.28. The number of nitrogens with zero attached hydrogens (tertiary/aromatic N) is 2. The van der Waals surface area contributed by atoms with E-state index in [-0.39, 0.29) is 5.69 Å². The minimum atomic E-state index is -0.646. The molecular weight excluding hydrogens is 342 g/mol. The van der Waals surface area contributed by atoms with Gasteiger partial charge in [-0.3, -0.25) is 0 Å². The van der Waals surface area contributed by atoms with Crippen LogP contribution in [0.3, 0.4) is 0 Å². The molecule has 25 heavy (non-hydrogen) atoms. The third-order valence-corrected chi connectivity index (χ3v) is 4.42. The second-order valence-electron chi connectivity index (χ2n) is 5.89. The van der Waals surface area contributed by atoms with E-state index in [1.807, 2.05) is 42.5 Å². The van der Waals surface area contributed by atoms with E-state index in [4.69, 9.17) is 11.6 Å². The minimum absolute atomic E-state index is 0.226. The highest BCUT2D eigenvalue weighted by molar-refractivity contribution is 6.30. The van der Waals surface area contributed by atoms with Crippen LogP contribution in [0, 0.1) is 18.6 Å². The van der Waals surface area contributed by atoms with Crippen molar-refractivity contribution < 1.29 is 8.78 Å². The number of aryl methyl sites for hydroxylation is 1. The van der Waals surface area contributed by atoms with Gasteiger partial charge < -0.3 is 0 Å². The Kier molecular flexibility index (Phi) is 3.77. The Hall–Kier alpha value is -2.72. The lowest BCUT2D eigenvalue weighted by atomic mass is 10.0. The maximum Gasteiger partial charge on any atom is 0.151 e. The summed E-state index contributed by atoms with van der Waals surface area (Å²) < 4.78 is 29.2. The van der Waals surface area contributed by atoms with Crippen LogP contribution in [0.15, 0.2) is 60.8 Å². The van der Waals surface area contributed by atoms with Crippen molar-refractivity contribution in [2.75, 3.05) is 0 Å². The molecule has 0 N–H and O–H groups in total. The van der Waals surface area contributed by atoms with E-state index < -0.39 is 11.6 Å². The Bertz CT molecular complexity index is 1100. The summed E-state index contributed by atoms with van der Waals surface area (Å²) in [6.45, 7) is 1.60. The molecule has 0 saturated heterocycles. The minimum Gasteiger partial charge on any atom is -0.230 e. The van der Waals surface area contributed by atoms with Crippen LogP contribution in [-0.2, 0) is 0 Å². The highest BCUT2D eigenvalue weighted by atomic mass is 35.5. The first kappa shape index (κ1) is 15.8. The summed E-state index contributed by atoms with van der Waals surface area (Å²) in [6.07, 6.45) is 1.67. The Labute approximate surface area is 148 Å². The molecule has 0 bridgehead atoms. The van der Waals surface area contributed by atoms with Gasteiger partial charge in [-0.15, -0.1) is 0 Å². The molecule has 0 atom stereocenters. The topological polar surface area (TPSA) is 17.8 Å². The second kappa shape index (κ2) is 5.97. The van der Waals surface area contributed by atoms with Gasteiger partial charge >= 0.3 is 0 Å². The molecule has 5 heteroatoms. The molecule has 1 heterocycles. The summed E-state index contributed by atoms with van der Waals surface area (Å²) in [6, 6.07) is 15.7. The average molecular weight is 355 g/mol. The summed E-state index contributed by atoms with van der Waals surface area (Å²) in [5.74, 6) is -1.21. The molecule has 0 aliphatic heterocycles. The monoisotopic (exact) mass is 354 g/mol. The van der Waals surface area contributed by atoms with Gasteiger partial charge in [0.1, 0.15) is 11.5 Å². The molecule has 0 fully saturated rings. The fourth-order valence-corrected chi connectivity index (χ4v) is 3.07. The Balaban J connectivity index is 1.85. The summed E-state index contributed by atoms with van der Waals surface area (Å²) in [7, 11) is 0. The third kappa shape index (κ3) is 2.79. The number of halogens is 3. The van der Waals surface area contributed by atoms with Crippen LogP contribution in [0.25, 0.3) is 27.7 Å². The molecule has 2 nitrogen and oxygen atoms in total. The number of aromatic nitrogens is 2. The van der Waals surface area contributed by atoms with Crippen LogP contribution in [0.2, 0.25) is 5.02 Å². The lowest BCUT2D eigenvalue weighted by molar-refractivity contribution is 0.569. The van der Waals surface area contributed by atoms with Crippen molar-refractivity contribution in [1.29, 1.82) is 0 Å². The van der Waals surface area contributed by atoms with Gasteiger partial charge in [0.2, 0.25) is 0 Å². The summed E-state index contributed by atoms with van der Waals surface area (Å²) in [5, 5.41) is 5.80. The summed E-state index contributed by atoms with van der Waals surface area (Å²) in [5.41, 5.74) is 3.33. The molecule has 0 aliphatic carbocycles. The zero-order chi connectivity index (χ0) is 17.6. The number of hydrogen-bond donors (Lipinski definition) is 0. The molecule has 3 aromatic carbocycles. The van der Waals surface area contributed by atoms with E-state index in [0.717, 1.165) is 28.1 Å². The smallest absolute Gasteiger partial charge is 0.151 e. The van der Waals surface area contributed by atoms with E-state index in [1.165, 1.54) is 10.7 Å². The first-order valence-corrected chi connectivity index (χ1v) is 8.10. The Morgan fingerprint density at radius 3 is 2.52 bits per heavy atom. The number of rotatable bonds is 2. The molecule has 124 valence electrons. The maximum atomic E-state index is 14.2. The first-order chi connectivity index (χ1) is 12.0. The lowest BCUT2D eigenvalue weighted by Gasteiger charge is -2.08. The van der Waals surface area contributed by atoms with E-state index in [2.05, 4.69) is 5.10 Å². The zero-order valence-electron chi connectivity index (χ0n) is 13.3. The Morgan fingerprint density at radius 2 is 1.72 bits per heavy atom. The van der Waals surface area contributed by atoms with Crippen LogP contribution in [-0.4, -0.2) is 9.78 Å². The largest absolute Gasteiger partial charge is 0.230 e. The quantitative estimate of drug-likeness (QED) is 0.436. The molecular formula is C20H13ClF2N2. The molecule has 0 saturated carbocycles. The van der Waals surface area contributed by atoms with Gasteiger partial charge in [-0.25, -0.2) is 13.5 Å². The normalized spacial score (nSPS) is 11.2. The molecule has 0 unspecified atom stereocenters. The highest BCUT2D eigenvalue weighted by Gasteiger charge is 2.13. The average Bonchev–Trinajstić information content (AvgIpc) is 3.01. The van der Waals surface area contributed by atoms with Gasteiger partial charge in [-0.2, -0.15) is 5.10 Å². The van der Waals surface area contributed by atoms with Gasteiger partial charge in [0.05, 0.1) is 11.7 Å². The van der Waals surface area contributed by atoms with E-state index in [9.17, 15) is 8.78 Å². The molecule has 0 aliphatic rings. The summed E-state index contributed by atoms with van der Waals surface area (Å²) >= 11 is 6.05. The zero-order valence-corrected chi connectivity index (χ0v) is 14.1. The van der Waals surface area contributed by atoms with Crippen molar-refractivity contribution in [1.82, 2.24) is 9.78 Å². The van der Waals surface area contributed by atoms with Crippen molar-refractivity contribution in [3.8, 4) is 16.8 Å². The summed E-state index contributed by atoms with van der Waals surface area (Å²) in [4.78, 5) is 0. The maximum absolute atomic E-state index is 14.2. The van der Waals surface area contributed by atoms with Gasteiger partial charge in [0.25, 0.3) is 0 Å². The predicted molar refractivity (Wildman–Crippen MR) is 96.2 cm³/mol.